The molecule has 0 aliphatic heterocycles. The molecule has 0 heterocycles. The number of esters is 1. The number of amides is 1. The number of aliphatic hydroxyl groups is 2. The van der Waals surface area contributed by atoms with Crippen LogP contribution >= 0.6 is 0 Å². The summed E-state index contributed by atoms with van der Waals surface area (Å²) >= 11 is 0. The molecule has 0 bridgehead atoms. The van der Waals surface area contributed by atoms with Crippen LogP contribution in [0.15, 0.2) is 109 Å². The highest BCUT2D eigenvalue weighted by atomic mass is 16.5. The molecule has 0 fully saturated rings. The molecule has 0 saturated heterocycles. The van der Waals surface area contributed by atoms with Gasteiger partial charge in [0.1, 0.15) is 6.10 Å². The molecule has 6 nitrogen and oxygen atoms in total. The van der Waals surface area contributed by atoms with Gasteiger partial charge in [-0.3, -0.25) is 9.59 Å². The molecule has 3 unspecified atom stereocenters. The third-order valence-corrected chi connectivity index (χ3v) is 12.1. The number of ether oxygens (including phenoxy) is 1. The number of unbranched alkanes of at least 4 members (excludes halogenated alkanes) is 19. The molecule has 0 aromatic heterocycles. The Hall–Kier alpha value is -3.48. The maximum absolute atomic E-state index is 13.3. The Morgan fingerprint density at radius 2 is 0.794 bits per heavy atom. The average molecular weight is 945 g/mol. The number of carbonyl (C=O) groups is 2. The second kappa shape index (κ2) is 54.5. The van der Waals surface area contributed by atoms with E-state index in [4.69, 9.17) is 4.74 Å². The summed E-state index contributed by atoms with van der Waals surface area (Å²) in [5, 5.41) is 23.9. The maximum atomic E-state index is 13.3. The topological polar surface area (TPSA) is 95.9 Å². The molecule has 0 aliphatic carbocycles. The van der Waals surface area contributed by atoms with E-state index in [1.165, 1.54) is 83.5 Å². The van der Waals surface area contributed by atoms with Crippen molar-refractivity contribution in [3.8, 4) is 0 Å². The fourth-order valence-electron chi connectivity index (χ4n) is 7.94. The molecular weight excluding hydrogens is 839 g/mol. The van der Waals surface area contributed by atoms with Crippen LogP contribution in [0.4, 0.5) is 0 Å². The van der Waals surface area contributed by atoms with E-state index in [0.717, 1.165) is 109 Å². The second-order valence-corrected chi connectivity index (χ2v) is 18.6. The maximum Gasteiger partial charge on any atom is 0.306 e. The summed E-state index contributed by atoms with van der Waals surface area (Å²) in [4.78, 5) is 26.2. The standard InChI is InChI=1S/C62H105NO5/c1-4-7-10-13-16-19-22-25-28-30-31-32-34-37-40-43-46-49-52-55-62(67)68-58(53-50-47-44-41-38-35-27-24-21-18-15-12-9-6-3)56-61(66)63-59(57-64)60(65)54-51-48-45-42-39-36-33-29-26-23-20-17-14-11-8-5-2/h7,9-10,12,16,18-19,21,25,27-28,31-32,35,37,40,46,49,58-60,64-65H,4-6,8,11,13-15,17,20,22-24,26,29-30,33-34,36,38-39,41-45,47-48,50-57H2,1-3H3,(H,63,66)/b10-7-,12-9+,19-16-,21-18+,28-25-,32-31-,35-27+,40-37-,49-46-. The summed E-state index contributed by atoms with van der Waals surface area (Å²) in [6, 6.07) is -0.732. The molecule has 3 N–H and O–H groups in total. The highest BCUT2D eigenvalue weighted by Crippen LogP contribution is 2.17. The Labute approximate surface area is 419 Å². The lowest BCUT2D eigenvalue weighted by Crippen LogP contribution is -2.46. The van der Waals surface area contributed by atoms with Crippen LogP contribution in [-0.4, -0.2) is 46.9 Å². The van der Waals surface area contributed by atoms with Gasteiger partial charge in [-0.2, -0.15) is 0 Å². The first-order chi connectivity index (χ1) is 33.5. The van der Waals surface area contributed by atoms with Crippen LogP contribution in [0.25, 0.3) is 0 Å². The van der Waals surface area contributed by atoms with Gasteiger partial charge in [0.15, 0.2) is 0 Å². The van der Waals surface area contributed by atoms with Crippen molar-refractivity contribution in [2.24, 2.45) is 0 Å². The molecule has 0 radical (unpaired) electrons. The van der Waals surface area contributed by atoms with Crippen molar-refractivity contribution in [3.63, 3.8) is 0 Å². The summed E-state index contributed by atoms with van der Waals surface area (Å²) in [7, 11) is 0. The van der Waals surface area contributed by atoms with Gasteiger partial charge in [0, 0.05) is 6.42 Å². The monoisotopic (exact) mass is 944 g/mol. The Morgan fingerprint density at radius 3 is 1.21 bits per heavy atom. The van der Waals surface area contributed by atoms with E-state index in [-0.39, 0.29) is 31.3 Å². The zero-order valence-corrected chi connectivity index (χ0v) is 44.2. The smallest absolute Gasteiger partial charge is 0.306 e. The SMILES string of the molecule is CC/C=C\C/C=C\C/C=C\C/C=C\C/C=C\C/C=C\CCC(=O)OC(CCCCCC/C=C/C/C=C/C/C=C/CC)CC(=O)NC(CO)C(O)CCCCCCCCCCCCCCCCCC. The van der Waals surface area contributed by atoms with Crippen molar-refractivity contribution in [1.29, 1.82) is 0 Å². The molecule has 1 amide bonds. The summed E-state index contributed by atoms with van der Waals surface area (Å²) < 4.78 is 5.90. The van der Waals surface area contributed by atoms with Crippen molar-refractivity contribution < 1.29 is 24.5 Å². The Morgan fingerprint density at radius 1 is 0.441 bits per heavy atom. The van der Waals surface area contributed by atoms with Crippen LogP contribution in [0, 0.1) is 0 Å². The van der Waals surface area contributed by atoms with Crippen molar-refractivity contribution >= 4 is 11.9 Å². The molecule has 3 atom stereocenters. The van der Waals surface area contributed by atoms with E-state index >= 15 is 0 Å². The van der Waals surface area contributed by atoms with Gasteiger partial charge < -0.3 is 20.3 Å². The number of nitrogens with one attached hydrogen (secondary N) is 1. The summed E-state index contributed by atoms with van der Waals surface area (Å²) in [5.41, 5.74) is 0. The van der Waals surface area contributed by atoms with E-state index in [9.17, 15) is 19.8 Å². The Kier molecular flexibility index (Phi) is 51.7. The van der Waals surface area contributed by atoms with Crippen LogP contribution in [0.5, 0.6) is 0 Å². The van der Waals surface area contributed by atoms with Gasteiger partial charge >= 0.3 is 5.97 Å². The minimum Gasteiger partial charge on any atom is -0.462 e. The number of aliphatic hydroxyl groups excluding tert-OH is 2. The van der Waals surface area contributed by atoms with Gasteiger partial charge in [-0.1, -0.05) is 246 Å². The fraction of sp³-hybridized carbons (Fsp3) is 0.677. The molecule has 0 saturated carbocycles. The van der Waals surface area contributed by atoms with Crippen molar-refractivity contribution in [3.05, 3.63) is 109 Å². The Bertz CT molecular complexity index is 1380. The number of rotatable bonds is 49. The fourth-order valence-corrected chi connectivity index (χ4v) is 7.94. The lowest BCUT2D eigenvalue weighted by Gasteiger charge is -2.24. The zero-order chi connectivity index (χ0) is 49.5. The van der Waals surface area contributed by atoms with Crippen molar-refractivity contribution in [2.75, 3.05) is 6.61 Å². The molecule has 0 spiro atoms. The first-order valence-electron chi connectivity index (χ1n) is 28.1. The molecule has 0 aromatic carbocycles. The number of allylic oxidation sites excluding steroid dienone is 18. The normalized spacial score (nSPS) is 14.0. The van der Waals surface area contributed by atoms with Crippen LogP contribution in [-0.2, 0) is 14.3 Å². The molecular formula is C62H105NO5. The first-order valence-corrected chi connectivity index (χ1v) is 28.1. The van der Waals surface area contributed by atoms with Crippen molar-refractivity contribution in [2.45, 2.75) is 264 Å². The van der Waals surface area contributed by atoms with Crippen molar-refractivity contribution in [1.82, 2.24) is 5.32 Å². The highest BCUT2D eigenvalue weighted by Gasteiger charge is 2.24. The predicted molar refractivity (Wildman–Crippen MR) is 296 cm³/mol. The molecule has 6 heteroatoms. The summed E-state index contributed by atoms with van der Waals surface area (Å²) in [6.45, 7) is 6.24. The van der Waals surface area contributed by atoms with Gasteiger partial charge in [-0.25, -0.2) is 0 Å². The molecule has 388 valence electrons. The van der Waals surface area contributed by atoms with Crippen LogP contribution in [0.3, 0.4) is 0 Å². The summed E-state index contributed by atoms with van der Waals surface area (Å²) in [5.74, 6) is -0.601. The second-order valence-electron chi connectivity index (χ2n) is 18.6. The quantitative estimate of drug-likeness (QED) is 0.0321. The highest BCUT2D eigenvalue weighted by molar-refractivity contribution is 5.77. The van der Waals surface area contributed by atoms with E-state index < -0.39 is 18.2 Å². The molecule has 0 aliphatic rings. The Balaban J connectivity index is 4.70. The van der Waals surface area contributed by atoms with Gasteiger partial charge in [0.25, 0.3) is 0 Å². The van der Waals surface area contributed by atoms with Gasteiger partial charge in [-0.05, 0) is 96.3 Å². The van der Waals surface area contributed by atoms with Gasteiger partial charge in [-0.15, -0.1) is 0 Å². The lowest BCUT2D eigenvalue weighted by atomic mass is 10.0. The largest absolute Gasteiger partial charge is 0.462 e. The zero-order valence-electron chi connectivity index (χ0n) is 44.2. The van der Waals surface area contributed by atoms with E-state index in [0.29, 0.717) is 19.3 Å². The molecule has 0 aromatic rings. The first kappa shape index (κ1) is 64.5. The van der Waals surface area contributed by atoms with Crippen LogP contribution in [0.1, 0.15) is 245 Å². The predicted octanol–water partition coefficient (Wildman–Crippen LogP) is 17.5. The summed E-state index contributed by atoms with van der Waals surface area (Å²) in [6.07, 6.45) is 74.5. The van der Waals surface area contributed by atoms with E-state index in [1.54, 1.807) is 0 Å². The van der Waals surface area contributed by atoms with Gasteiger partial charge in [0.2, 0.25) is 5.91 Å². The average Bonchev–Trinajstić information content (AvgIpc) is 3.33. The van der Waals surface area contributed by atoms with E-state index in [1.807, 2.05) is 6.08 Å². The molecule has 68 heavy (non-hydrogen) atoms. The minimum absolute atomic E-state index is 0.0262. The van der Waals surface area contributed by atoms with Crippen LogP contribution < -0.4 is 5.32 Å². The van der Waals surface area contributed by atoms with Gasteiger partial charge in [0.05, 0.1) is 25.2 Å². The number of carbonyl (C=O) groups excluding carboxylic acids is 2. The number of hydrogen-bond acceptors (Lipinski definition) is 5. The number of hydrogen-bond donors (Lipinski definition) is 3. The van der Waals surface area contributed by atoms with E-state index in [2.05, 4.69) is 129 Å². The van der Waals surface area contributed by atoms with Crippen LogP contribution in [0.2, 0.25) is 0 Å². The third kappa shape index (κ3) is 49.0. The lowest BCUT2D eigenvalue weighted by molar-refractivity contribution is -0.150. The molecule has 0 rings (SSSR count). The minimum atomic E-state index is -0.814. The third-order valence-electron chi connectivity index (χ3n) is 12.1.